The standard InChI is InChI=1S/C18H22N2O3/c1-12-8-13(2)18(14(3)9-12)19-17(22)11-20(15(4)21)10-16-6-5-7-23-16/h5-9H,10-11H2,1-4H3,(H,19,22). The van der Waals surface area contributed by atoms with E-state index in [2.05, 4.69) is 5.32 Å². The van der Waals surface area contributed by atoms with E-state index in [1.807, 2.05) is 32.9 Å². The summed E-state index contributed by atoms with van der Waals surface area (Å²) >= 11 is 0. The molecule has 0 spiro atoms. The van der Waals surface area contributed by atoms with E-state index in [-0.39, 0.29) is 24.9 Å². The van der Waals surface area contributed by atoms with Crippen LogP contribution in [0.3, 0.4) is 0 Å². The molecule has 2 rings (SSSR count). The van der Waals surface area contributed by atoms with Crippen LogP contribution in [0, 0.1) is 20.8 Å². The van der Waals surface area contributed by atoms with Gasteiger partial charge in [-0.05, 0) is 44.0 Å². The average molecular weight is 314 g/mol. The molecule has 2 amide bonds. The minimum atomic E-state index is -0.221. The molecule has 23 heavy (non-hydrogen) atoms. The van der Waals surface area contributed by atoms with Crippen LogP contribution in [0.1, 0.15) is 29.4 Å². The van der Waals surface area contributed by atoms with E-state index in [1.54, 1.807) is 18.4 Å². The number of benzene rings is 1. The van der Waals surface area contributed by atoms with E-state index in [0.29, 0.717) is 5.76 Å². The minimum Gasteiger partial charge on any atom is -0.467 e. The zero-order chi connectivity index (χ0) is 17.0. The first-order valence-electron chi connectivity index (χ1n) is 7.52. The fourth-order valence-electron chi connectivity index (χ4n) is 2.60. The van der Waals surface area contributed by atoms with Gasteiger partial charge in [0, 0.05) is 12.6 Å². The molecule has 2 aromatic rings. The van der Waals surface area contributed by atoms with Gasteiger partial charge in [0.1, 0.15) is 12.3 Å². The average Bonchev–Trinajstić information content (AvgIpc) is 2.95. The van der Waals surface area contributed by atoms with Crippen LogP contribution in [0.15, 0.2) is 34.9 Å². The Bertz CT molecular complexity index is 682. The topological polar surface area (TPSA) is 62.6 Å². The van der Waals surface area contributed by atoms with Crippen LogP contribution in [-0.2, 0) is 16.1 Å². The van der Waals surface area contributed by atoms with Crippen molar-refractivity contribution in [2.24, 2.45) is 0 Å². The van der Waals surface area contributed by atoms with Crippen molar-refractivity contribution in [1.29, 1.82) is 0 Å². The Hall–Kier alpha value is -2.56. The van der Waals surface area contributed by atoms with E-state index >= 15 is 0 Å². The van der Waals surface area contributed by atoms with Gasteiger partial charge in [0.15, 0.2) is 0 Å². The molecule has 1 N–H and O–H groups in total. The molecule has 0 aliphatic heterocycles. The molecule has 0 atom stereocenters. The summed E-state index contributed by atoms with van der Waals surface area (Å²) in [5.74, 6) is 0.256. The summed E-state index contributed by atoms with van der Waals surface area (Å²) in [6, 6.07) is 7.58. The van der Waals surface area contributed by atoms with Gasteiger partial charge in [-0.2, -0.15) is 0 Å². The third kappa shape index (κ3) is 4.45. The van der Waals surface area contributed by atoms with Crippen molar-refractivity contribution in [3.8, 4) is 0 Å². The molecule has 5 nitrogen and oxygen atoms in total. The fourth-order valence-corrected chi connectivity index (χ4v) is 2.60. The smallest absolute Gasteiger partial charge is 0.244 e. The molecule has 1 heterocycles. The van der Waals surface area contributed by atoms with Gasteiger partial charge in [0.25, 0.3) is 0 Å². The molecule has 0 saturated heterocycles. The molecule has 122 valence electrons. The number of aryl methyl sites for hydroxylation is 3. The maximum absolute atomic E-state index is 12.3. The molecule has 0 radical (unpaired) electrons. The van der Waals surface area contributed by atoms with E-state index < -0.39 is 0 Å². The molecule has 1 aromatic heterocycles. The Morgan fingerprint density at radius 1 is 1.17 bits per heavy atom. The lowest BCUT2D eigenvalue weighted by atomic mass is 10.1. The van der Waals surface area contributed by atoms with Gasteiger partial charge < -0.3 is 14.6 Å². The lowest BCUT2D eigenvalue weighted by Crippen LogP contribution is -2.36. The Balaban J connectivity index is 2.06. The zero-order valence-corrected chi connectivity index (χ0v) is 14.0. The molecular formula is C18H22N2O3. The molecule has 0 fully saturated rings. The van der Waals surface area contributed by atoms with Crippen LogP contribution in [0.4, 0.5) is 5.69 Å². The van der Waals surface area contributed by atoms with Gasteiger partial charge in [-0.25, -0.2) is 0 Å². The molecular weight excluding hydrogens is 292 g/mol. The maximum Gasteiger partial charge on any atom is 0.244 e. The number of hydrogen-bond acceptors (Lipinski definition) is 3. The Labute approximate surface area is 136 Å². The highest BCUT2D eigenvalue weighted by Gasteiger charge is 2.16. The minimum absolute atomic E-state index is 0.0111. The second-order valence-corrected chi connectivity index (χ2v) is 5.78. The summed E-state index contributed by atoms with van der Waals surface area (Å²) in [6.45, 7) is 7.65. The van der Waals surface area contributed by atoms with Crippen molar-refractivity contribution in [2.45, 2.75) is 34.2 Å². The van der Waals surface area contributed by atoms with Gasteiger partial charge >= 0.3 is 0 Å². The monoisotopic (exact) mass is 314 g/mol. The third-order valence-electron chi connectivity index (χ3n) is 3.65. The second kappa shape index (κ2) is 7.13. The zero-order valence-electron chi connectivity index (χ0n) is 14.0. The summed E-state index contributed by atoms with van der Waals surface area (Å²) in [6.07, 6.45) is 1.55. The first kappa shape index (κ1) is 16.8. The van der Waals surface area contributed by atoms with Crippen molar-refractivity contribution >= 4 is 17.5 Å². The SMILES string of the molecule is CC(=O)N(CC(=O)Nc1c(C)cc(C)cc1C)Cc1ccco1. The molecule has 0 saturated carbocycles. The van der Waals surface area contributed by atoms with E-state index in [4.69, 9.17) is 4.42 Å². The number of rotatable bonds is 5. The maximum atomic E-state index is 12.3. The fraction of sp³-hybridized carbons (Fsp3) is 0.333. The number of anilines is 1. The Morgan fingerprint density at radius 2 is 1.83 bits per heavy atom. The van der Waals surface area contributed by atoms with Gasteiger partial charge in [-0.1, -0.05) is 17.7 Å². The third-order valence-corrected chi connectivity index (χ3v) is 3.65. The van der Waals surface area contributed by atoms with Gasteiger partial charge in [0.05, 0.1) is 12.8 Å². The van der Waals surface area contributed by atoms with Crippen LogP contribution >= 0.6 is 0 Å². The van der Waals surface area contributed by atoms with Crippen LogP contribution in [0.5, 0.6) is 0 Å². The second-order valence-electron chi connectivity index (χ2n) is 5.78. The number of amides is 2. The number of hydrogen-bond donors (Lipinski definition) is 1. The number of carbonyl (C=O) groups excluding carboxylic acids is 2. The lowest BCUT2D eigenvalue weighted by Gasteiger charge is -2.20. The van der Waals surface area contributed by atoms with E-state index in [9.17, 15) is 9.59 Å². The number of nitrogens with one attached hydrogen (secondary N) is 1. The molecule has 5 heteroatoms. The predicted molar refractivity (Wildman–Crippen MR) is 89.1 cm³/mol. The Morgan fingerprint density at radius 3 is 2.35 bits per heavy atom. The van der Waals surface area contributed by atoms with Gasteiger partial charge in [-0.15, -0.1) is 0 Å². The number of carbonyl (C=O) groups is 2. The molecule has 0 aliphatic carbocycles. The molecule has 0 bridgehead atoms. The molecule has 0 aliphatic rings. The Kier molecular flexibility index (Phi) is 5.21. The summed E-state index contributed by atoms with van der Waals surface area (Å²) in [4.78, 5) is 25.5. The van der Waals surface area contributed by atoms with Crippen LogP contribution in [0.25, 0.3) is 0 Å². The summed E-state index contributed by atoms with van der Waals surface area (Å²) in [5, 5.41) is 2.91. The van der Waals surface area contributed by atoms with Crippen molar-refractivity contribution in [3.63, 3.8) is 0 Å². The van der Waals surface area contributed by atoms with Crippen LogP contribution in [-0.4, -0.2) is 23.3 Å². The summed E-state index contributed by atoms with van der Waals surface area (Å²) < 4.78 is 5.24. The number of nitrogens with zero attached hydrogens (tertiary/aromatic N) is 1. The predicted octanol–water partition coefficient (Wildman–Crippen LogP) is 3.19. The first-order chi connectivity index (χ1) is 10.9. The largest absolute Gasteiger partial charge is 0.467 e. The van der Waals surface area contributed by atoms with Gasteiger partial charge in [0.2, 0.25) is 11.8 Å². The van der Waals surface area contributed by atoms with E-state index in [1.165, 1.54) is 11.8 Å². The van der Waals surface area contributed by atoms with Crippen molar-refractivity contribution in [2.75, 3.05) is 11.9 Å². The van der Waals surface area contributed by atoms with Gasteiger partial charge in [-0.3, -0.25) is 9.59 Å². The van der Waals surface area contributed by atoms with Crippen molar-refractivity contribution < 1.29 is 14.0 Å². The highest BCUT2D eigenvalue weighted by Crippen LogP contribution is 2.21. The van der Waals surface area contributed by atoms with Crippen LogP contribution in [0.2, 0.25) is 0 Å². The highest BCUT2D eigenvalue weighted by molar-refractivity contribution is 5.95. The normalized spacial score (nSPS) is 10.4. The quantitative estimate of drug-likeness (QED) is 0.922. The summed E-state index contributed by atoms with van der Waals surface area (Å²) in [7, 11) is 0. The van der Waals surface area contributed by atoms with Crippen molar-refractivity contribution in [3.05, 3.63) is 53.0 Å². The van der Waals surface area contributed by atoms with Crippen molar-refractivity contribution in [1.82, 2.24) is 4.90 Å². The van der Waals surface area contributed by atoms with E-state index in [0.717, 1.165) is 22.4 Å². The first-order valence-corrected chi connectivity index (χ1v) is 7.52. The number of furan rings is 1. The summed E-state index contributed by atoms with van der Waals surface area (Å²) in [5.41, 5.74) is 3.98. The molecule has 1 aromatic carbocycles. The van der Waals surface area contributed by atoms with Crippen LogP contribution < -0.4 is 5.32 Å². The lowest BCUT2D eigenvalue weighted by molar-refractivity contribution is -0.133. The highest BCUT2D eigenvalue weighted by atomic mass is 16.3. The molecule has 0 unspecified atom stereocenters.